The van der Waals surface area contributed by atoms with Gasteiger partial charge in [-0.25, -0.2) is 17.2 Å². The van der Waals surface area contributed by atoms with Gasteiger partial charge < -0.3 is 5.32 Å². The number of nitrogens with one attached hydrogen (secondary N) is 1. The fourth-order valence-corrected chi connectivity index (χ4v) is 4.74. The van der Waals surface area contributed by atoms with Crippen molar-refractivity contribution in [2.75, 3.05) is 25.5 Å². The van der Waals surface area contributed by atoms with Gasteiger partial charge in [0.2, 0.25) is 0 Å². The molecular weight excluding hydrogens is 368 g/mol. The van der Waals surface area contributed by atoms with Crippen LogP contribution in [0, 0.1) is 11.6 Å². The van der Waals surface area contributed by atoms with Gasteiger partial charge in [-0.15, -0.1) is 11.3 Å². The van der Waals surface area contributed by atoms with E-state index < -0.39 is 21.7 Å². The largest absolute Gasteiger partial charge is 0.383 e. The molecule has 0 atom stereocenters. The molecule has 0 amide bonds. The van der Waals surface area contributed by atoms with Gasteiger partial charge in [-0.1, -0.05) is 6.07 Å². The van der Waals surface area contributed by atoms with Crippen LogP contribution in [-0.2, 0) is 10.0 Å². The number of halogens is 2. The summed E-state index contributed by atoms with van der Waals surface area (Å²) in [5, 5.41) is 5.02. The van der Waals surface area contributed by atoms with Gasteiger partial charge in [0.1, 0.15) is 15.5 Å². The average molecular weight is 383 g/mol. The molecule has 0 unspecified atom stereocenters. The lowest BCUT2D eigenvalue weighted by Crippen LogP contribution is -2.31. The summed E-state index contributed by atoms with van der Waals surface area (Å²) in [6.45, 7) is 0.472. The number of anilines is 1. The maximum Gasteiger partial charge on any atom is 0.252 e. The molecule has 2 aromatic heterocycles. The number of thiophene rings is 1. The number of hydrogen-bond donors (Lipinski definition) is 1. The number of hydrogen-bond acceptors (Lipinski definition) is 5. The molecule has 0 aliphatic rings. The third kappa shape index (κ3) is 3.63. The lowest BCUT2D eigenvalue weighted by Gasteiger charge is -2.17. The second-order valence-electron chi connectivity index (χ2n) is 5.33. The zero-order valence-electron chi connectivity index (χ0n) is 13.2. The van der Waals surface area contributed by atoms with Gasteiger partial charge in [0.15, 0.2) is 5.82 Å². The van der Waals surface area contributed by atoms with E-state index in [2.05, 4.69) is 10.3 Å². The third-order valence-electron chi connectivity index (χ3n) is 3.66. The van der Waals surface area contributed by atoms with E-state index in [1.165, 1.54) is 23.6 Å². The van der Waals surface area contributed by atoms with E-state index in [0.29, 0.717) is 11.1 Å². The molecule has 0 aliphatic heterocycles. The van der Waals surface area contributed by atoms with Gasteiger partial charge in [-0.05, 0) is 23.6 Å². The van der Waals surface area contributed by atoms with Crippen LogP contribution in [0.4, 0.5) is 14.5 Å². The van der Waals surface area contributed by atoms with Gasteiger partial charge in [0.05, 0.1) is 0 Å². The van der Waals surface area contributed by atoms with E-state index in [4.69, 9.17) is 0 Å². The summed E-state index contributed by atoms with van der Waals surface area (Å²) in [6, 6.07) is 6.79. The predicted octanol–water partition coefficient (Wildman–Crippen LogP) is 3.31. The number of pyridine rings is 1. The topological polar surface area (TPSA) is 62.3 Å². The van der Waals surface area contributed by atoms with Crippen molar-refractivity contribution in [1.29, 1.82) is 0 Å². The van der Waals surface area contributed by atoms with Gasteiger partial charge in [0, 0.05) is 43.5 Å². The first kappa shape index (κ1) is 17.7. The van der Waals surface area contributed by atoms with Crippen molar-refractivity contribution in [3.8, 4) is 0 Å². The third-order valence-corrected chi connectivity index (χ3v) is 6.89. The summed E-state index contributed by atoms with van der Waals surface area (Å²) >= 11 is 1.15. The second kappa shape index (κ2) is 7.03. The average Bonchev–Trinajstić information content (AvgIpc) is 3.10. The number of rotatable bonds is 6. The first-order valence-corrected chi connectivity index (χ1v) is 9.69. The molecule has 9 heteroatoms. The molecule has 1 N–H and O–H groups in total. The SMILES string of the molecule is CN(CCNc1ccnc2c(F)cc(F)cc12)S(=O)(=O)c1cccs1. The number of aromatic nitrogens is 1. The van der Waals surface area contributed by atoms with Crippen LogP contribution in [0.25, 0.3) is 10.9 Å². The standard InChI is InChI=1S/C16H15F2N3O2S2/c1-21(25(22,23)15-3-2-8-24-15)7-6-19-14-4-5-20-16-12(14)9-11(17)10-13(16)18/h2-5,8-10H,6-7H2,1H3,(H,19,20). The van der Waals surface area contributed by atoms with Gasteiger partial charge in [-0.2, -0.15) is 4.31 Å². The van der Waals surface area contributed by atoms with Crippen molar-refractivity contribution in [2.24, 2.45) is 0 Å². The lowest BCUT2D eigenvalue weighted by atomic mass is 10.1. The molecule has 0 fully saturated rings. The highest BCUT2D eigenvalue weighted by Crippen LogP contribution is 2.25. The Morgan fingerprint density at radius 3 is 2.80 bits per heavy atom. The molecule has 2 heterocycles. The van der Waals surface area contributed by atoms with Gasteiger partial charge in [0.25, 0.3) is 10.0 Å². The molecule has 0 aliphatic carbocycles. The van der Waals surface area contributed by atoms with E-state index >= 15 is 0 Å². The Morgan fingerprint density at radius 2 is 2.08 bits per heavy atom. The van der Waals surface area contributed by atoms with E-state index in [1.807, 2.05) is 0 Å². The summed E-state index contributed by atoms with van der Waals surface area (Å²) in [5.74, 6) is -1.44. The van der Waals surface area contributed by atoms with Gasteiger partial charge in [-0.3, -0.25) is 4.98 Å². The molecule has 0 bridgehead atoms. The number of benzene rings is 1. The molecule has 0 saturated carbocycles. The first-order chi connectivity index (χ1) is 11.9. The number of likely N-dealkylation sites (N-methyl/N-ethyl adjacent to an activating group) is 1. The zero-order valence-corrected chi connectivity index (χ0v) is 14.9. The fourth-order valence-electron chi connectivity index (χ4n) is 2.36. The molecule has 5 nitrogen and oxygen atoms in total. The van der Waals surface area contributed by atoms with Crippen LogP contribution in [0.1, 0.15) is 0 Å². The number of fused-ring (bicyclic) bond motifs is 1. The van der Waals surface area contributed by atoms with E-state index in [9.17, 15) is 17.2 Å². The molecule has 0 radical (unpaired) electrons. The van der Waals surface area contributed by atoms with Gasteiger partial charge >= 0.3 is 0 Å². The summed E-state index contributed by atoms with van der Waals surface area (Å²) in [7, 11) is -2.04. The monoisotopic (exact) mass is 383 g/mol. The minimum atomic E-state index is -3.53. The first-order valence-electron chi connectivity index (χ1n) is 7.37. The van der Waals surface area contributed by atoms with Crippen molar-refractivity contribution in [3.63, 3.8) is 0 Å². The Morgan fingerprint density at radius 1 is 1.28 bits per heavy atom. The minimum Gasteiger partial charge on any atom is -0.383 e. The Hall–Kier alpha value is -2.10. The van der Waals surface area contributed by atoms with Crippen molar-refractivity contribution in [1.82, 2.24) is 9.29 Å². The number of sulfonamides is 1. The maximum atomic E-state index is 13.8. The van der Waals surface area contributed by atoms with Crippen LogP contribution in [0.15, 0.2) is 46.1 Å². The smallest absolute Gasteiger partial charge is 0.252 e. The van der Waals surface area contributed by atoms with E-state index in [-0.39, 0.29) is 22.8 Å². The molecule has 132 valence electrons. The van der Waals surface area contributed by atoms with Crippen molar-refractivity contribution in [2.45, 2.75) is 4.21 Å². The normalized spacial score (nSPS) is 12.0. The second-order valence-corrected chi connectivity index (χ2v) is 8.55. The van der Waals surface area contributed by atoms with Crippen molar-refractivity contribution < 1.29 is 17.2 Å². The molecule has 3 aromatic rings. The van der Waals surface area contributed by atoms with Crippen molar-refractivity contribution >= 4 is 38.0 Å². The van der Waals surface area contributed by atoms with Crippen molar-refractivity contribution in [3.05, 3.63) is 53.5 Å². The Kier molecular flexibility index (Phi) is 4.98. The van der Waals surface area contributed by atoms with Crippen LogP contribution in [0.5, 0.6) is 0 Å². The molecular formula is C16H15F2N3O2S2. The van der Waals surface area contributed by atoms with E-state index in [0.717, 1.165) is 17.4 Å². The quantitative estimate of drug-likeness (QED) is 0.709. The predicted molar refractivity (Wildman–Crippen MR) is 94.3 cm³/mol. The maximum absolute atomic E-state index is 13.8. The number of nitrogens with zero attached hydrogens (tertiary/aromatic N) is 2. The minimum absolute atomic E-state index is 0.0611. The summed E-state index contributed by atoms with van der Waals surface area (Å²) in [5.41, 5.74) is 0.552. The van der Waals surface area contributed by atoms with Crippen LogP contribution < -0.4 is 5.32 Å². The molecule has 1 aromatic carbocycles. The molecule has 0 spiro atoms. The zero-order chi connectivity index (χ0) is 18.0. The highest BCUT2D eigenvalue weighted by molar-refractivity contribution is 7.91. The highest BCUT2D eigenvalue weighted by atomic mass is 32.2. The van der Waals surface area contributed by atoms with Crippen LogP contribution >= 0.6 is 11.3 Å². The summed E-state index contributed by atoms with van der Waals surface area (Å²) in [4.78, 5) is 3.91. The molecule has 0 saturated heterocycles. The Bertz CT molecular complexity index is 992. The Labute approximate surface area is 148 Å². The van der Waals surface area contributed by atoms with E-state index in [1.54, 1.807) is 23.6 Å². The molecule has 25 heavy (non-hydrogen) atoms. The summed E-state index contributed by atoms with van der Waals surface area (Å²) in [6.07, 6.45) is 1.41. The summed E-state index contributed by atoms with van der Waals surface area (Å²) < 4.78 is 53.4. The lowest BCUT2D eigenvalue weighted by molar-refractivity contribution is 0.482. The fraction of sp³-hybridized carbons (Fsp3) is 0.188. The van der Waals surface area contributed by atoms with Crippen LogP contribution in [0.2, 0.25) is 0 Å². The van der Waals surface area contributed by atoms with Crippen LogP contribution in [-0.4, -0.2) is 37.8 Å². The highest BCUT2D eigenvalue weighted by Gasteiger charge is 2.21. The Balaban J connectivity index is 1.74. The molecule has 3 rings (SSSR count). The van der Waals surface area contributed by atoms with Crippen LogP contribution in [0.3, 0.4) is 0 Å².